The molecule has 0 unspecified atom stereocenters. The molecule has 0 saturated carbocycles. The molecule has 0 spiro atoms. The van der Waals surface area contributed by atoms with Crippen LogP contribution in [0.5, 0.6) is 11.5 Å². The van der Waals surface area contributed by atoms with Crippen LogP contribution in [0, 0.1) is 0 Å². The Kier molecular flexibility index (Phi) is 5.71. The van der Waals surface area contributed by atoms with Crippen LogP contribution in [-0.2, 0) is 14.8 Å². The topological polar surface area (TPSA) is 105 Å². The van der Waals surface area contributed by atoms with Crippen LogP contribution >= 0.6 is 0 Å². The summed E-state index contributed by atoms with van der Waals surface area (Å²) >= 11 is 0. The fourth-order valence-corrected chi connectivity index (χ4v) is 5.90. The number of sulfonamides is 1. The first-order valence-electron chi connectivity index (χ1n) is 11.0. The molecule has 9 nitrogen and oxygen atoms in total. The van der Waals surface area contributed by atoms with E-state index in [1.54, 1.807) is 23.1 Å². The highest BCUT2D eigenvalue weighted by Gasteiger charge is 2.33. The number of hydrogen-bond acceptors (Lipinski definition) is 6. The van der Waals surface area contributed by atoms with Crippen molar-refractivity contribution in [2.45, 2.75) is 30.2 Å². The van der Waals surface area contributed by atoms with Crippen LogP contribution in [0.1, 0.15) is 29.6 Å². The van der Waals surface area contributed by atoms with E-state index in [0.29, 0.717) is 55.6 Å². The van der Waals surface area contributed by atoms with Crippen LogP contribution in [-0.4, -0.2) is 63.4 Å². The number of fused-ring (bicyclic) bond motifs is 1. The molecule has 33 heavy (non-hydrogen) atoms. The number of anilines is 1. The highest BCUT2D eigenvalue weighted by Crippen LogP contribution is 2.35. The Balaban J connectivity index is 1.24. The van der Waals surface area contributed by atoms with Crippen molar-refractivity contribution < 1.29 is 27.5 Å². The van der Waals surface area contributed by atoms with Crippen LogP contribution in [0.2, 0.25) is 0 Å². The predicted octanol–water partition coefficient (Wildman–Crippen LogP) is 1.78. The number of ether oxygens (including phenoxy) is 2. The highest BCUT2D eigenvalue weighted by molar-refractivity contribution is 7.89. The van der Waals surface area contributed by atoms with Crippen molar-refractivity contribution in [2.75, 3.05) is 37.7 Å². The summed E-state index contributed by atoms with van der Waals surface area (Å²) in [7, 11) is -3.52. The minimum atomic E-state index is -3.52. The molecule has 2 fully saturated rings. The summed E-state index contributed by atoms with van der Waals surface area (Å²) < 4.78 is 37.9. The largest absolute Gasteiger partial charge is 0.486 e. The van der Waals surface area contributed by atoms with Gasteiger partial charge in [-0.3, -0.25) is 9.59 Å². The Morgan fingerprint density at radius 2 is 1.67 bits per heavy atom. The third-order valence-corrected chi connectivity index (χ3v) is 8.03. The molecule has 10 heteroatoms. The molecule has 2 amide bonds. The molecule has 1 N–H and O–H groups in total. The third-order valence-electron chi connectivity index (χ3n) is 6.12. The molecular weight excluding hydrogens is 446 g/mol. The molecule has 3 aliphatic heterocycles. The number of carbonyl (C=O) groups excluding carboxylic acids is 2. The van der Waals surface area contributed by atoms with Crippen molar-refractivity contribution in [3.8, 4) is 11.5 Å². The lowest BCUT2D eigenvalue weighted by Crippen LogP contribution is -2.37. The standard InChI is InChI=1S/C23H25N3O6S/c27-22-13-17(15-26(22)18-5-8-20-21(14-18)32-12-11-31-20)24-23(28)16-3-6-19(7-4-16)33(29,30)25-9-1-2-10-25/h3-8,14,17H,1-2,9-13,15H2,(H,24,28)/t17-/m1/s1. The van der Waals surface area contributed by atoms with E-state index in [-0.39, 0.29) is 29.2 Å². The summed E-state index contributed by atoms with van der Waals surface area (Å²) in [5, 5.41) is 2.88. The van der Waals surface area contributed by atoms with Gasteiger partial charge >= 0.3 is 0 Å². The van der Waals surface area contributed by atoms with E-state index in [1.165, 1.54) is 28.6 Å². The van der Waals surface area contributed by atoms with Gasteiger partial charge < -0.3 is 19.7 Å². The maximum absolute atomic E-state index is 12.7. The molecular formula is C23H25N3O6S. The number of benzene rings is 2. The lowest BCUT2D eigenvalue weighted by atomic mass is 10.2. The minimum absolute atomic E-state index is 0.0935. The monoisotopic (exact) mass is 471 g/mol. The van der Waals surface area contributed by atoms with Crippen molar-refractivity contribution in [1.29, 1.82) is 0 Å². The van der Waals surface area contributed by atoms with E-state index in [1.807, 2.05) is 0 Å². The molecule has 2 saturated heterocycles. The number of hydrogen-bond donors (Lipinski definition) is 1. The van der Waals surface area contributed by atoms with Gasteiger partial charge in [-0.1, -0.05) is 0 Å². The second-order valence-corrected chi connectivity index (χ2v) is 10.3. The fraction of sp³-hybridized carbons (Fsp3) is 0.391. The van der Waals surface area contributed by atoms with Crippen molar-refractivity contribution in [3.05, 3.63) is 48.0 Å². The molecule has 0 bridgehead atoms. The molecule has 3 heterocycles. The molecule has 5 rings (SSSR count). The average molecular weight is 472 g/mol. The minimum Gasteiger partial charge on any atom is -0.486 e. The SMILES string of the molecule is O=C(N[C@@H]1CC(=O)N(c2ccc3c(c2)OCCO3)C1)c1ccc(S(=O)(=O)N2CCCC2)cc1. The molecule has 0 aliphatic carbocycles. The molecule has 1 atom stereocenters. The maximum atomic E-state index is 12.7. The van der Waals surface area contributed by atoms with E-state index in [0.717, 1.165) is 12.8 Å². The molecule has 3 aliphatic rings. The smallest absolute Gasteiger partial charge is 0.251 e. The normalized spacial score (nSPS) is 20.8. The van der Waals surface area contributed by atoms with Crippen molar-refractivity contribution in [2.24, 2.45) is 0 Å². The second-order valence-electron chi connectivity index (χ2n) is 8.34. The summed E-state index contributed by atoms with van der Waals surface area (Å²) in [6, 6.07) is 10.9. The van der Waals surface area contributed by atoms with Crippen LogP contribution in [0.25, 0.3) is 0 Å². The molecule has 2 aromatic carbocycles. The summed E-state index contributed by atoms with van der Waals surface area (Å²) in [5.74, 6) is 0.811. The molecule has 2 aromatic rings. The fourth-order valence-electron chi connectivity index (χ4n) is 4.38. The van der Waals surface area contributed by atoms with Gasteiger partial charge in [0.25, 0.3) is 5.91 Å². The van der Waals surface area contributed by atoms with E-state index in [9.17, 15) is 18.0 Å². The number of rotatable bonds is 5. The summed E-state index contributed by atoms with van der Waals surface area (Å²) in [6.07, 6.45) is 1.91. The van der Waals surface area contributed by atoms with Crippen LogP contribution in [0.3, 0.4) is 0 Å². The van der Waals surface area contributed by atoms with Crippen LogP contribution in [0.15, 0.2) is 47.4 Å². The van der Waals surface area contributed by atoms with Gasteiger partial charge in [0.15, 0.2) is 11.5 Å². The van der Waals surface area contributed by atoms with Crippen LogP contribution < -0.4 is 19.7 Å². The first-order valence-corrected chi connectivity index (χ1v) is 12.5. The quantitative estimate of drug-likeness (QED) is 0.713. The van der Waals surface area contributed by atoms with E-state index >= 15 is 0 Å². The van der Waals surface area contributed by atoms with Crippen molar-refractivity contribution in [1.82, 2.24) is 9.62 Å². The van der Waals surface area contributed by atoms with Gasteiger partial charge in [0, 0.05) is 43.4 Å². The van der Waals surface area contributed by atoms with Gasteiger partial charge in [-0.05, 0) is 49.2 Å². The van der Waals surface area contributed by atoms with Gasteiger partial charge in [-0.25, -0.2) is 8.42 Å². The van der Waals surface area contributed by atoms with Gasteiger partial charge in [0.05, 0.1) is 10.9 Å². The van der Waals surface area contributed by atoms with Crippen molar-refractivity contribution >= 4 is 27.5 Å². The zero-order valence-electron chi connectivity index (χ0n) is 18.0. The molecule has 174 valence electrons. The number of nitrogens with zero attached hydrogens (tertiary/aromatic N) is 2. The summed E-state index contributed by atoms with van der Waals surface area (Å²) in [4.78, 5) is 27.1. The maximum Gasteiger partial charge on any atom is 0.251 e. The molecule has 0 radical (unpaired) electrons. The lowest BCUT2D eigenvalue weighted by molar-refractivity contribution is -0.117. The average Bonchev–Trinajstić information content (AvgIpc) is 3.49. The third kappa shape index (κ3) is 4.28. The summed E-state index contributed by atoms with van der Waals surface area (Å²) in [5.41, 5.74) is 1.04. The van der Waals surface area contributed by atoms with Gasteiger partial charge in [-0.15, -0.1) is 0 Å². The Bertz CT molecular complexity index is 1180. The zero-order chi connectivity index (χ0) is 23.0. The van der Waals surface area contributed by atoms with Crippen LogP contribution in [0.4, 0.5) is 5.69 Å². The van der Waals surface area contributed by atoms with Gasteiger partial charge in [0.1, 0.15) is 13.2 Å². The first kappa shape index (κ1) is 21.7. The Labute approximate surface area is 192 Å². The van der Waals surface area contributed by atoms with Gasteiger partial charge in [0.2, 0.25) is 15.9 Å². The number of carbonyl (C=O) groups is 2. The Morgan fingerprint density at radius 1 is 0.970 bits per heavy atom. The molecule has 0 aromatic heterocycles. The first-order chi connectivity index (χ1) is 15.9. The zero-order valence-corrected chi connectivity index (χ0v) is 18.8. The Hall–Kier alpha value is -3.11. The summed E-state index contributed by atoms with van der Waals surface area (Å²) in [6.45, 7) is 2.35. The lowest BCUT2D eigenvalue weighted by Gasteiger charge is -2.22. The van der Waals surface area contributed by atoms with E-state index in [4.69, 9.17) is 9.47 Å². The second kappa shape index (κ2) is 8.68. The van der Waals surface area contributed by atoms with Crippen molar-refractivity contribution in [3.63, 3.8) is 0 Å². The van der Waals surface area contributed by atoms with E-state index in [2.05, 4.69) is 5.32 Å². The van der Waals surface area contributed by atoms with Gasteiger partial charge in [-0.2, -0.15) is 4.31 Å². The predicted molar refractivity (Wildman–Crippen MR) is 120 cm³/mol. The Morgan fingerprint density at radius 3 is 2.39 bits per heavy atom. The highest BCUT2D eigenvalue weighted by atomic mass is 32.2. The van der Waals surface area contributed by atoms with E-state index < -0.39 is 10.0 Å². The number of amides is 2. The number of nitrogens with one attached hydrogen (secondary N) is 1.